The van der Waals surface area contributed by atoms with E-state index >= 15 is 0 Å². The van der Waals surface area contributed by atoms with Gasteiger partial charge in [-0.25, -0.2) is 4.79 Å². The molecule has 1 amide bonds. The molecular weight excluding hydrogens is 308 g/mol. The van der Waals surface area contributed by atoms with E-state index in [2.05, 4.69) is 5.32 Å². The second-order valence-corrected chi connectivity index (χ2v) is 6.96. The first kappa shape index (κ1) is 18.1. The average Bonchev–Trinajstić information content (AvgIpc) is 2.53. The van der Waals surface area contributed by atoms with Gasteiger partial charge in [-0.1, -0.05) is 0 Å². The van der Waals surface area contributed by atoms with Crippen molar-refractivity contribution in [1.82, 2.24) is 4.90 Å². The van der Waals surface area contributed by atoms with Gasteiger partial charge in [0.25, 0.3) is 0 Å². The summed E-state index contributed by atoms with van der Waals surface area (Å²) in [6.45, 7) is 6.92. The van der Waals surface area contributed by atoms with Crippen LogP contribution in [0.15, 0.2) is 18.2 Å². The minimum Gasteiger partial charge on any atom is -0.496 e. The molecule has 0 unspecified atom stereocenters. The van der Waals surface area contributed by atoms with Gasteiger partial charge >= 0.3 is 6.09 Å². The van der Waals surface area contributed by atoms with Crippen LogP contribution in [-0.2, 0) is 4.74 Å². The molecular formula is C18H26N2O4. The van der Waals surface area contributed by atoms with Crippen LogP contribution < -0.4 is 10.1 Å². The van der Waals surface area contributed by atoms with E-state index < -0.39 is 5.60 Å². The van der Waals surface area contributed by atoms with Gasteiger partial charge in [0.1, 0.15) is 11.4 Å². The van der Waals surface area contributed by atoms with Gasteiger partial charge in [-0.3, -0.25) is 4.79 Å². The van der Waals surface area contributed by atoms with Crippen molar-refractivity contribution < 1.29 is 19.1 Å². The van der Waals surface area contributed by atoms with Crippen molar-refractivity contribution in [1.29, 1.82) is 0 Å². The number of hydrogen-bond acceptors (Lipinski definition) is 5. The Morgan fingerprint density at radius 2 is 1.96 bits per heavy atom. The summed E-state index contributed by atoms with van der Waals surface area (Å²) < 4.78 is 10.5. The van der Waals surface area contributed by atoms with E-state index in [1.807, 2.05) is 26.8 Å². The number of amides is 1. The lowest BCUT2D eigenvalue weighted by molar-refractivity contribution is 0.0210. The van der Waals surface area contributed by atoms with Crippen LogP contribution in [-0.4, -0.2) is 49.1 Å². The average molecular weight is 334 g/mol. The number of carbonyl (C=O) groups is 2. The number of rotatable bonds is 4. The summed E-state index contributed by atoms with van der Waals surface area (Å²) in [6, 6.07) is 5.72. The van der Waals surface area contributed by atoms with E-state index in [1.165, 1.54) is 0 Å². The Kier molecular flexibility index (Phi) is 5.70. The van der Waals surface area contributed by atoms with Crippen LogP contribution in [0.25, 0.3) is 0 Å². The molecule has 1 heterocycles. The van der Waals surface area contributed by atoms with E-state index in [9.17, 15) is 9.59 Å². The van der Waals surface area contributed by atoms with E-state index in [0.29, 0.717) is 24.4 Å². The number of nitrogens with zero attached hydrogens (tertiary/aromatic N) is 1. The van der Waals surface area contributed by atoms with Gasteiger partial charge in [0.2, 0.25) is 0 Å². The van der Waals surface area contributed by atoms with Crippen LogP contribution in [0.1, 0.15) is 44.0 Å². The van der Waals surface area contributed by atoms with Gasteiger partial charge in [-0.05, 0) is 51.8 Å². The monoisotopic (exact) mass is 334 g/mol. The van der Waals surface area contributed by atoms with Crippen LogP contribution in [0.2, 0.25) is 0 Å². The Balaban J connectivity index is 1.89. The maximum atomic E-state index is 12.1. The molecule has 1 aromatic carbocycles. The van der Waals surface area contributed by atoms with Gasteiger partial charge in [0.15, 0.2) is 6.29 Å². The van der Waals surface area contributed by atoms with Gasteiger partial charge in [-0.15, -0.1) is 0 Å². The first-order chi connectivity index (χ1) is 11.3. The largest absolute Gasteiger partial charge is 0.496 e. The summed E-state index contributed by atoms with van der Waals surface area (Å²) >= 11 is 0. The molecule has 2 rings (SSSR count). The third-order valence-electron chi connectivity index (χ3n) is 3.87. The van der Waals surface area contributed by atoms with Gasteiger partial charge < -0.3 is 19.7 Å². The molecule has 6 nitrogen and oxygen atoms in total. The predicted octanol–water partition coefficient (Wildman–Crippen LogP) is 3.32. The number of likely N-dealkylation sites (tertiary alicyclic amines) is 1. The number of aldehydes is 1. The molecule has 0 spiro atoms. The first-order valence-corrected chi connectivity index (χ1v) is 8.20. The number of ether oxygens (including phenoxy) is 2. The van der Waals surface area contributed by atoms with Crippen LogP contribution in [0, 0.1) is 0 Å². The van der Waals surface area contributed by atoms with Crippen molar-refractivity contribution in [3.8, 4) is 5.75 Å². The van der Waals surface area contributed by atoms with Crippen molar-refractivity contribution in [2.75, 3.05) is 25.5 Å². The maximum Gasteiger partial charge on any atom is 0.410 e. The molecule has 0 atom stereocenters. The van der Waals surface area contributed by atoms with E-state index in [4.69, 9.17) is 9.47 Å². The van der Waals surface area contributed by atoms with Crippen LogP contribution >= 0.6 is 0 Å². The third kappa shape index (κ3) is 4.88. The fraction of sp³-hybridized carbons (Fsp3) is 0.556. The predicted molar refractivity (Wildman–Crippen MR) is 92.8 cm³/mol. The number of hydrogen-bond donors (Lipinski definition) is 1. The zero-order valence-electron chi connectivity index (χ0n) is 14.8. The van der Waals surface area contributed by atoms with E-state index in [-0.39, 0.29) is 12.1 Å². The highest BCUT2D eigenvalue weighted by Gasteiger charge is 2.26. The number of anilines is 1. The molecule has 6 heteroatoms. The zero-order chi connectivity index (χ0) is 17.7. The molecule has 132 valence electrons. The van der Waals surface area contributed by atoms with Gasteiger partial charge in [-0.2, -0.15) is 0 Å². The lowest BCUT2D eigenvalue weighted by atomic mass is 10.0. The SMILES string of the molecule is COc1ccc(NC2CCN(C(=O)OC(C)(C)C)CC2)cc1C=O. The summed E-state index contributed by atoms with van der Waals surface area (Å²) in [7, 11) is 1.54. The van der Waals surface area contributed by atoms with E-state index in [0.717, 1.165) is 24.8 Å². The highest BCUT2D eigenvalue weighted by molar-refractivity contribution is 5.81. The third-order valence-corrected chi connectivity index (χ3v) is 3.87. The summed E-state index contributed by atoms with van der Waals surface area (Å²) in [4.78, 5) is 24.9. The molecule has 24 heavy (non-hydrogen) atoms. The summed E-state index contributed by atoms with van der Waals surface area (Å²) in [5.41, 5.74) is 0.933. The summed E-state index contributed by atoms with van der Waals surface area (Å²) in [5, 5.41) is 3.42. The minimum atomic E-state index is -0.472. The van der Waals surface area contributed by atoms with Gasteiger partial charge in [0, 0.05) is 24.8 Å². The minimum absolute atomic E-state index is 0.256. The lowest BCUT2D eigenvalue weighted by Crippen LogP contribution is -2.44. The van der Waals surface area contributed by atoms with Crippen molar-refractivity contribution in [2.24, 2.45) is 0 Å². The smallest absolute Gasteiger partial charge is 0.410 e. The summed E-state index contributed by atoms with van der Waals surface area (Å²) in [6.07, 6.45) is 2.20. The summed E-state index contributed by atoms with van der Waals surface area (Å²) in [5.74, 6) is 0.565. The van der Waals surface area contributed by atoms with Crippen molar-refractivity contribution >= 4 is 18.1 Å². The Labute approximate surface area is 143 Å². The second kappa shape index (κ2) is 7.55. The van der Waals surface area contributed by atoms with E-state index in [1.54, 1.807) is 24.1 Å². The molecule has 1 aliphatic rings. The fourth-order valence-electron chi connectivity index (χ4n) is 2.68. The topological polar surface area (TPSA) is 67.9 Å². The van der Waals surface area contributed by atoms with Crippen LogP contribution in [0.4, 0.5) is 10.5 Å². The zero-order valence-corrected chi connectivity index (χ0v) is 14.8. The Bertz CT molecular complexity index is 587. The molecule has 1 N–H and O–H groups in total. The molecule has 0 radical (unpaired) electrons. The molecule has 0 saturated carbocycles. The first-order valence-electron chi connectivity index (χ1n) is 8.20. The molecule has 0 bridgehead atoms. The maximum absolute atomic E-state index is 12.1. The van der Waals surface area contributed by atoms with Crippen molar-refractivity contribution in [2.45, 2.75) is 45.3 Å². The molecule has 1 fully saturated rings. The van der Waals surface area contributed by atoms with Crippen molar-refractivity contribution in [3.63, 3.8) is 0 Å². The molecule has 0 aliphatic carbocycles. The number of carbonyl (C=O) groups excluding carboxylic acids is 2. The van der Waals surface area contributed by atoms with Crippen LogP contribution in [0.3, 0.4) is 0 Å². The number of benzene rings is 1. The van der Waals surface area contributed by atoms with Gasteiger partial charge in [0.05, 0.1) is 12.7 Å². The standard InChI is InChI=1S/C18H26N2O4/c1-18(2,3)24-17(22)20-9-7-14(8-10-20)19-15-5-6-16(23-4)13(11-15)12-21/h5-6,11-12,14,19H,7-10H2,1-4H3. The number of nitrogens with one attached hydrogen (secondary N) is 1. The molecule has 0 aromatic heterocycles. The molecule has 1 aliphatic heterocycles. The normalized spacial score (nSPS) is 15.8. The number of piperidine rings is 1. The Hall–Kier alpha value is -2.24. The van der Waals surface area contributed by atoms with Crippen molar-refractivity contribution in [3.05, 3.63) is 23.8 Å². The highest BCUT2D eigenvalue weighted by atomic mass is 16.6. The number of methoxy groups -OCH3 is 1. The quantitative estimate of drug-likeness (QED) is 0.856. The molecule has 1 saturated heterocycles. The highest BCUT2D eigenvalue weighted by Crippen LogP contribution is 2.23. The lowest BCUT2D eigenvalue weighted by Gasteiger charge is -2.34. The fourth-order valence-corrected chi connectivity index (χ4v) is 2.68. The van der Waals surface area contributed by atoms with Crippen LogP contribution in [0.5, 0.6) is 5.75 Å². The Morgan fingerprint density at radius 1 is 1.29 bits per heavy atom. The Morgan fingerprint density at radius 3 is 2.50 bits per heavy atom. The second-order valence-electron chi connectivity index (χ2n) is 6.96. The molecule has 1 aromatic rings.